The van der Waals surface area contributed by atoms with Crippen LogP contribution in [0, 0.1) is 20.2 Å². The Kier molecular flexibility index (Phi) is 8.37. The Morgan fingerprint density at radius 2 is 1.47 bits per heavy atom. The molecule has 36 heavy (non-hydrogen) atoms. The summed E-state index contributed by atoms with van der Waals surface area (Å²) in [6.07, 6.45) is 0.529. The maximum absolute atomic E-state index is 12.5. The first-order valence-corrected chi connectivity index (χ1v) is 12.1. The largest absolute Gasteiger partial charge is 0.332 e. The van der Waals surface area contributed by atoms with E-state index in [1.54, 1.807) is 0 Å². The zero-order valence-corrected chi connectivity index (χ0v) is 20.0. The van der Waals surface area contributed by atoms with E-state index in [2.05, 4.69) is 15.4 Å². The fourth-order valence-corrected chi connectivity index (χ4v) is 4.29. The molecule has 186 valence electrons. The molecule has 3 N–H and O–H groups in total. The normalized spacial score (nSPS) is 10.9. The van der Waals surface area contributed by atoms with Crippen LogP contribution >= 0.6 is 12.2 Å². The van der Waals surface area contributed by atoms with Crippen LogP contribution in [0.25, 0.3) is 0 Å². The zero-order chi connectivity index (χ0) is 26.3. The van der Waals surface area contributed by atoms with Crippen molar-refractivity contribution in [2.75, 3.05) is 11.9 Å². The summed E-state index contributed by atoms with van der Waals surface area (Å²) in [5.74, 6) is -0.902. The van der Waals surface area contributed by atoms with Crippen LogP contribution in [-0.2, 0) is 16.4 Å². The lowest BCUT2D eigenvalue weighted by Crippen LogP contribution is -2.34. The number of rotatable bonds is 9. The number of hydrogen-bond donors (Lipinski definition) is 3. The van der Waals surface area contributed by atoms with Gasteiger partial charge in [0.1, 0.15) is 0 Å². The molecular formula is C22H19N5O7S2. The van der Waals surface area contributed by atoms with Crippen molar-refractivity contribution in [2.45, 2.75) is 11.3 Å². The molecule has 0 saturated carbocycles. The summed E-state index contributed by atoms with van der Waals surface area (Å²) in [6.45, 7) is 0.221. The highest BCUT2D eigenvalue weighted by atomic mass is 32.2. The third kappa shape index (κ3) is 7.11. The van der Waals surface area contributed by atoms with Crippen molar-refractivity contribution in [3.8, 4) is 0 Å². The number of thiocarbonyl (C=S) groups is 1. The van der Waals surface area contributed by atoms with E-state index in [1.165, 1.54) is 24.3 Å². The van der Waals surface area contributed by atoms with Crippen molar-refractivity contribution in [3.63, 3.8) is 0 Å². The van der Waals surface area contributed by atoms with Crippen LogP contribution in [0.2, 0.25) is 0 Å². The van der Waals surface area contributed by atoms with Crippen molar-refractivity contribution >= 4 is 50.3 Å². The smallest absolute Gasteiger partial charge is 0.277 e. The molecule has 14 heteroatoms. The Balaban J connectivity index is 1.60. The van der Waals surface area contributed by atoms with Crippen molar-refractivity contribution in [3.05, 3.63) is 104 Å². The van der Waals surface area contributed by atoms with E-state index >= 15 is 0 Å². The predicted molar refractivity (Wildman–Crippen MR) is 135 cm³/mol. The number of non-ortho nitro benzene ring substituents is 2. The monoisotopic (exact) mass is 529 g/mol. The molecule has 0 aliphatic heterocycles. The lowest BCUT2D eigenvalue weighted by Gasteiger charge is -2.11. The van der Waals surface area contributed by atoms with Gasteiger partial charge in [0.15, 0.2) is 5.11 Å². The van der Waals surface area contributed by atoms with Crippen LogP contribution in [0.5, 0.6) is 0 Å². The van der Waals surface area contributed by atoms with Gasteiger partial charge in [-0.2, -0.15) is 0 Å². The first-order valence-electron chi connectivity index (χ1n) is 10.2. The summed E-state index contributed by atoms with van der Waals surface area (Å²) >= 11 is 5.05. The quantitative estimate of drug-likeness (QED) is 0.214. The molecule has 1 amide bonds. The molecule has 3 rings (SSSR count). The first-order chi connectivity index (χ1) is 17.0. The lowest BCUT2D eigenvalue weighted by molar-refractivity contribution is -0.394. The second-order valence-corrected chi connectivity index (χ2v) is 9.49. The zero-order valence-electron chi connectivity index (χ0n) is 18.4. The molecule has 0 aromatic heterocycles. The maximum atomic E-state index is 12.5. The number of anilines is 1. The van der Waals surface area contributed by atoms with Gasteiger partial charge in [-0.1, -0.05) is 30.3 Å². The summed E-state index contributed by atoms with van der Waals surface area (Å²) in [7, 11) is -3.74. The number of nitro groups is 2. The first kappa shape index (κ1) is 26.3. The molecule has 12 nitrogen and oxygen atoms in total. The molecule has 0 aliphatic carbocycles. The van der Waals surface area contributed by atoms with Gasteiger partial charge in [0.05, 0.1) is 26.4 Å². The van der Waals surface area contributed by atoms with E-state index in [0.717, 1.165) is 23.8 Å². The number of hydrogen-bond acceptors (Lipinski definition) is 8. The Morgan fingerprint density at radius 1 is 0.889 bits per heavy atom. The second-order valence-electron chi connectivity index (χ2n) is 7.32. The molecule has 0 radical (unpaired) electrons. The highest BCUT2D eigenvalue weighted by molar-refractivity contribution is 7.89. The summed E-state index contributed by atoms with van der Waals surface area (Å²) in [6, 6.07) is 17.5. The minimum absolute atomic E-state index is 0.0278. The summed E-state index contributed by atoms with van der Waals surface area (Å²) in [5.41, 5.74) is -0.226. The maximum Gasteiger partial charge on any atom is 0.277 e. The van der Waals surface area contributed by atoms with Crippen molar-refractivity contribution in [1.82, 2.24) is 10.0 Å². The fraction of sp³-hybridized carbons (Fsp3) is 0.0909. The molecule has 0 fully saturated rings. The van der Waals surface area contributed by atoms with Gasteiger partial charge in [-0.3, -0.25) is 30.3 Å². The standard InChI is InChI=1S/C22H19N5O7S2/c28-21(16-12-18(26(29)30)14-19(13-16)27(31)32)25-22(35)24-17-6-8-20(9-7-17)36(33,34)23-11-10-15-4-2-1-3-5-15/h1-9,12-14,23H,10-11H2,(H2,24,25,28,35). The molecule has 0 spiro atoms. The van der Waals surface area contributed by atoms with Gasteiger partial charge >= 0.3 is 0 Å². The summed E-state index contributed by atoms with van der Waals surface area (Å²) < 4.78 is 27.5. The van der Waals surface area contributed by atoms with Crippen LogP contribution < -0.4 is 15.4 Å². The molecule has 0 aliphatic rings. The topological polar surface area (TPSA) is 174 Å². The van der Waals surface area contributed by atoms with E-state index in [4.69, 9.17) is 12.2 Å². The van der Waals surface area contributed by atoms with Gasteiger partial charge in [-0.05, 0) is 48.5 Å². The fourth-order valence-electron chi connectivity index (χ4n) is 3.05. The molecule has 0 unspecified atom stereocenters. The molecule has 0 saturated heterocycles. The number of amides is 1. The number of carbonyl (C=O) groups excluding carboxylic acids is 1. The minimum Gasteiger partial charge on any atom is -0.332 e. The van der Waals surface area contributed by atoms with Gasteiger partial charge in [-0.15, -0.1) is 0 Å². The number of carbonyl (C=O) groups is 1. The number of nitrogens with zero attached hydrogens (tertiary/aromatic N) is 2. The SMILES string of the molecule is O=C(NC(=S)Nc1ccc(S(=O)(=O)NCCc2ccccc2)cc1)c1cc([N+](=O)[O-])cc([N+](=O)[O-])c1. The number of benzene rings is 3. The van der Waals surface area contributed by atoms with Crippen molar-refractivity contribution in [2.24, 2.45) is 0 Å². The Labute approximate surface area is 210 Å². The van der Waals surface area contributed by atoms with Gasteiger partial charge in [0.2, 0.25) is 10.0 Å². The van der Waals surface area contributed by atoms with Crippen LogP contribution in [0.3, 0.4) is 0 Å². The van der Waals surface area contributed by atoms with Gasteiger partial charge in [-0.25, -0.2) is 13.1 Å². The second kappa shape index (κ2) is 11.4. The van der Waals surface area contributed by atoms with Crippen LogP contribution in [-0.4, -0.2) is 35.8 Å². The average Bonchev–Trinajstić information content (AvgIpc) is 2.84. The Hall–Kier alpha value is -4.27. The predicted octanol–water partition coefficient (Wildman–Crippen LogP) is 3.15. The highest BCUT2D eigenvalue weighted by Gasteiger charge is 2.20. The van der Waals surface area contributed by atoms with E-state index in [-0.39, 0.29) is 22.1 Å². The third-order valence-electron chi connectivity index (χ3n) is 4.78. The van der Waals surface area contributed by atoms with E-state index in [1.807, 2.05) is 30.3 Å². The van der Waals surface area contributed by atoms with E-state index < -0.39 is 37.2 Å². The summed E-state index contributed by atoms with van der Waals surface area (Å²) in [4.78, 5) is 32.7. The molecule has 3 aromatic carbocycles. The minimum atomic E-state index is -3.74. The molecular weight excluding hydrogens is 510 g/mol. The third-order valence-corrected chi connectivity index (χ3v) is 6.47. The van der Waals surface area contributed by atoms with Gasteiger partial charge in [0, 0.05) is 24.4 Å². The van der Waals surface area contributed by atoms with Crippen molar-refractivity contribution in [1.29, 1.82) is 0 Å². The number of nitrogens with one attached hydrogen (secondary N) is 3. The average molecular weight is 530 g/mol. The highest BCUT2D eigenvalue weighted by Crippen LogP contribution is 2.22. The number of sulfonamides is 1. The molecule has 0 bridgehead atoms. The van der Waals surface area contributed by atoms with Crippen LogP contribution in [0.1, 0.15) is 15.9 Å². The molecule has 0 atom stereocenters. The van der Waals surface area contributed by atoms with Crippen molar-refractivity contribution < 1.29 is 23.1 Å². The van der Waals surface area contributed by atoms with Gasteiger partial charge in [0.25, 0.3) is 17.3 Å². The van der Waals surface area contributed by atoms with Crippen LogP contribution in [0.15, 0.2) is 77.7 Å². The Bertz CT molecular complexity index is 1380. The molecule has 3 aromatic rings. The lowest BCUT2D eigenvalue weighted by atomic mass is 10.1. The van der Waals surface area contributed by atoms with Gasteiger partial charge < -0.3 is 5.32 Å². The molecule has 0 heterocycles. The Morgan fingerprint density at radius 3 is 2.03 bits per heavy atom. The summed E-state index contributed by atoms with van der Waals surface area (Å²) in [5, 5.41) is 26.7. The van der Waals surface area contributed by atoms with E-state index in [0.29, 0.717) is 12.1 Å². The van der Waals surface area contributed by atoms with E-state index in [9.17, 15) is 33.4 Å². The van der Waals surface area contributed by atoms with Crippen LogP contribution in [0.4, 0.5) is 17.1 Å². The number of nitro benzene ring substituents is 2.